The largest absolute Gasteiger partial charge is 0.340 e. The number of halogens is 1. The van der Waals surface area contributed by atoms with Crippen molar-refractivity contribution < 1.29 is 17.6 Å². The molecule has 0 spiro atoms. The average Bonchev–Trinajstić information content (AvgIpc) is 3.00. The van der Waals surface area contributed by atoms with E-state index >= 15 is 0 Å². The highest BCUT2D eigenvalue weighted by Crippen LogP contribution is 2.18. The molecular formula is C23H30FN3O3S. The van der Waals surface area contributed by atoms with Crippen LogP contribution in [-0.4, -0.2) is 68.2 Å². The second kappa shape index (κ2) is 10.3. The van der Waals surface area contributed by atoms with Gasteiger partial charge < -0.3 is 4.90 Å². The van der Waals surface area contributed by atoms with Crippen molar-refractivity contribution >= 4 is 15.9 Å². The molecule has 0 saturated carbocycles. The minimum Gasteiger partial charge on any atom is -0.340 e. The van der Waals surface area contributed by atoms with Gasteiger partial charge in [0, 0.05) is 33.2 Å². The lowest BCUT2D eigenvalue weighted by Crippen LogP contribution is -2.40. The molecule has 1 amide bonds. The molecule has 2 aromatic carbocycles. The Bertz CT molecular complexity index is 978. The summed E-state index contributed by atoms with van der Waals surface area (Å²) < 4.78 is 40.3. The molecule has 3 rings (SSSR count). The molecule has 0 aliphatic carbocycles. The van der Waals surface area contributed by atoms with E-state index in [1.807, 2.05) is 17.0 Å². The van der Waals surface area contributed by atoms with Gasteiger partial charge in [0.1, 0.15) is 5.82 Å². The number of likely N-dealkylation sites (N-methyl/N-ethyl adjacent to an activating group) is 1. The van der Waals surface area contributed by atoms with Crippen LogP contribution in [0.25, 0.3) is 0 Å². The maximum absolute atomic E-state index is 13.1. The molecule has 1 aliphatic heterocycles. The topological polar surface area (TPSA) is 60.9 Å². The Morgan fingerprint density at radius 1 is 0.968 bits per heavy atom. The first-order valence-electron chi connectivity index (χ1n) is 10.6. The first-order chi connectivity index (χ1) is 14.8. The lowest BCUT2D eigenvalue weighted by Gasteiger charge is -2.24. The quantitative estimate of drug-likeness (QED) is 0.655. The lowest BCUT2D eigenvalue weighted by molar-refractivity contribution is -0.131. The van der Waals surface area contributed by atoms with Gasteiger partial charge in [-0.15, -0.1) is 0 Å². The summed E-state index contributed by atoms with van der Waals surface area (Å²) in [6.07, 6.45) is 1.62. The van der Waals surface area contributed by atoms with Crippen LogP contribution in [0, 0.1) is 5.82 Å². The van der Waals surface area contributed by atoms with Crippen LogP contribution in [0.2, 0.25) is 0 Å². The summed E-state index contributed by atoms with van der Waals surface area (Å²) in [6.45, 7) is 4.72. The van der Waals surface area contributed by atoms with Crippen LogP contribution in [-0.2, 0) is 27.8 Å². The highest BCUT2D eigenvalue weighted by atomic mass is 32.2. The van der Waals surface area contributed by atoms with E-state index in [1.165, 1.54) is 22.0 Å². The normalized spacial score (nSPS) is 16.1. The number of nitrogens with zero attached hydrogens (tertiary/aromatic N) is 3. The van der Waals surface area contributed by atoms with E-state index in [4.69, 9.17) is 0 Å². The number of aryl methyl sites for hydroxylation is 1. The van der Waals surface area contributed by atoms with E-state index in [2.05, 4.69) is 19.1 Å². The predicted molar refractivity (Wildman–Crippen MR) is 119 cm³/mol. The summed E-state index contributed by atoms with van der Waals surface area (Å²) in [6, 6.07) is 13.1. The van der Waals surface area contributed by atoms with Gasteiger partial charge in [0.25, 0.3) is 0 Å². The molecule has 0 bridgehead atoms. The predicted octanol–water partition coefficient (Wildman–Crippen LogP) is 2.74. The Morgan fingerprint density at radius 2 is 1.61 bits per heavy atom. The lowest BCUT2D eigenvalue weighted by atomic mass is 10.1. The standard InChI is InChI=1S/C23H30FN3O3S/c1-3-19-5-7-20(8-6-19)17-25(2)23(28)18-26-13-4-14-27(16-15-26)31(29,30)22-11-9-21(24)10-12-22/h5-12H,3-4,13-18H2,1-2H3. The van der Waals surface area contributed by atoms with Gasteiger partial charge in [-0.05, 0) is 54.8 Å². The van der Waals surface area contributed by atoms with Crippen LogP contribution < -0.4 is 0 Å². The maximum Gasteiger partial charge on any atom is 0.243 e. The van der Waals surface area contributed by atoms with E-state index in [9.17, 15) is 17.6 Å². The molecule has 0 N–H and O–H groups in total. The molecule has 0 unspecified atom stereocenters. The zero-order chi connectivity index (χ0) is 22.4. The second-order valence-corrected chi connectivity index (χ2v) is 9.85. The number of amides is 1. The number of carbonyl (C=O) groups excluding carboxylic acids is 1. The number of benzene rings is 2. The molecule has 168 valence electrons. The molecular weight excluding hydrogens is 417 g/mol. The Morgan fingerprint density at radius 3 is 2.26 bits per heavy atom. The maximum atomic E-state index is 13.1. The van der Waals surface area contributed by atoms with Crippen LogP contribution >= 0.6 is 0 Å². The van der Waals surface area contributed by atoms with Gasteiger partial charge in [0.2, 0.25) is 15.9 Å². The number of sulfonamides is 1. The zero-order valence-electron chi connectivity index (χ0n) is 18.1. The van der Waals surface area contributed by atoms with Gasteiger partial charge in [-0.2, -0.15) is 4.31 Å². The van der Waals surface area contributed by atoms with E-state index in [-0.39, 0.29) is 17.3 Å². The summed E-state index contributed by atoms with van der Waals surface area (Å²) >= 11 is 0. The van der Waals surface area contributed by atoms with E-state index < -0.39 is 15.8 Å². The van der Waals surface area contributed by atoms with Crippen molar-refractivity contribution in [2.45, 2.75) is 31.2 Å². The van der Waals surface area contributed by atoms with Gasteiger partial charge in [-0.3, -0.25) is 9.69 Å². The van der Waals surface area contributed by atoms with Gasteiger partial charge in [-0.1, -0.05) is 31.2 Å². The van der Waals surface area contributed by atoms with Gasteiger partial charge in [-0.25, -0.2) is 12.8 Å². The third-order valence-corrected chi connectivity index (χ3v) is 7.55. The third-order valence-electron chi connectivity index (χ3n) is 5.63. The fraction of sp³-hybridized carbons (Fsp3) is 0.435. The minimum absolute atomic E-state index is 0.00871. The average molecular weight is 448 g/mol. The SMILES string of the molecule is CCc1ccc(CN(C)C(=O)CN2CCCN(S(=O)(=O)c3ccc(F)cc3)CC2)cc1. The Kier molecular flexibility index (Phi) is 7.80. The molecule has 1 aliphatic rings. The Labute approximate surface area is 184 Å². The minimum atomic E-state index is -3.67. The van der Waals surface area contributed by atoms with Crippen molar-refractivity contribution in [1.82, 2.24) is 14.1 Å². The van der Waals surface area contributed by atoms with Crippen LogP contribution in [0.5, 0.6) is 0 Å². The van der Waals surface area contributed by atoms with Crippen LogP contribution in [0.15, 0.2) is 53.4 Å². The molecule has 0 radical (unpaired) electrons. The summed E-state index contributed by atoms with van der Waals surface area (Å²) in [4.78, 5) is 16.5. The fourth-order valence-corrected chi connectivity index (χ4v) is 5.13. The van der Waals surface area contributed by atoms with Crippen LogP contribution in [0.4, 0.5) is 4.39 Å². The van der Waals surface area contributed by atoms with E-state index in [0.29, 0.717) is 39.1 Å². The fourth-order valence-electron chi connectivity index (χ4n) is 3.66. The molecule has 6 nitrogen and oxygen atoms in total. The highest BCUT2D eigenvalue weighted by Gasteiger charge is 2.27. The molecule has 31 heavy (non-hydrogen) atoms. The van der Waals surface area contributed by atoms with E-state index in [0.717, 1.165) is 24.1 Å². The summed E-state index contributed by atoms with van der Waals surface area (Å²) in [5, 5.41) is 0. The number of hydrogen-bond acceptors (Lipinski definition) is 4. The zero-order valence-corrected chi connectivity index (χ0v) is 18.9. The van der Waals surface area contributed by atoms with Gasteiger partial charge >= 0.3 is 0 Å². The second-order valence-electron chi connectivity index (χ2n) is 7.91. The number of hydrogen-bond donors (Lipinski definition) is 0. The summed E-state index contributed by atoms with van der Waals surface area (Å²) in [5.74, 6) is -0.459. The van der Waals surface area contributed by atoms with Crippen molar-refractivity contribution in [3.05, 3.63) is 65.5 Å². The smallest absolute Gasteiger partial charge is 0.243 e. The van der Waals surface area contributed by atoms with E-state index in [1.54, 1.807) is 11.9 Å². The van der Waals surface area contributed by atoms with Crippen LogP contribution in [0.3, 0.4) is 0 Å². The molecule has 1 heterocycles. The first-order valence-corrected chi connectivity index (χ1v) is 12.0. The van der Waals surface area contributed by atoms with Crippen LogP contribution in [0.1, 0.15) is 24.5 Å². The van der Waals surface area contributed by atoms with Crippen molar-refractivity contribution in [2.24, 2.45) is 0 Å². The van der Waals surface area contributed by atoms with Gasteiger partial charge in [0.15, 0.2) is 0 Å². The third kappa shape index (κ3) is 6.12. The van der Waals surface area contributed by atoms with Crippen molar-refractivity contribution in [3.63, 3.8) is 0 Å². The summed E-state index contributed by atoms with van der Waals surface area (Å²) in [5.41, 5.74) is 2.35. The Hall–Kier alpha value is -2.29. The van der Waals surface area contributed by atoms with Gasteiger partial charge in [0.05, 0.1) is 11.4 Å². The first kappa shape index (κ1) is 23.4. The molecule has 2 aromatic rings. The number of rotatable bonds is 7. The summed E-state index contributed by atoms with van der Waals surface area (Å²) in [7, 11) is -1.88. The molecule has 0 atom stereocenters. The van der Waals surface area contributed by atoms with Crippen molar-refractivity contribution in [1.29, 1.82) is 0 Å². The van der Waals surface area contributed by atoms with Crippen molar-refractivity contribution in [3.8, 4) is 0 Å². The molecule has 0 aromatic heterocycles. The highest BCUT2D eigenvalue weighted by molar-refractivity contribution is 7.89. The molecule has 1 saturated heterocycles. The molecule has 1 fully saturated rings. The Balaban J connectivity index is 1.55. The van der Waals surface area contributed by atoms with Crippen molar-refractivity contribution in [2.75, 3.05) is 39.8 Å². The molecule has 8 heteroatoms. The monoisotopic (exact) mass is 447 g/mol. The number of carbonyl (C=O) groups is 1.